The third kappa shape index (κ3) is 7.92. The van der Waals surface area contributed by atoms with Crippen molar-refractivity contribution in [1.29, 1.82) is 0 Å². The molecule has 2 aliphatic heterocycles. The lowest BCUT2D eigenvalue weighted by atomic mass is 9.85. The molecule has 0 spiro atoms. The number of nitrogens with zero attached hydrogens (tertiary/aromatic N) is 3. The van der Waals surface area contributed by atoms with Gasteiger partial charge in [-0.25, -0.2) is 23.2 Å². The first-order chi connectivity index (χ1) is 25.7. The van der Waals surface area contributed by atoms with Crippen LogP contribution in [0.1, 0.15) is 97.1 Å². The highest BCUT2D eigenvalue weighted by molar-refractivity contribution is 7.91. The number of aryl methyl sites for hydroxylation is 1. The number of alkyl carbamates (subject to hydrolysis) is 1. The van der Waals surface area contributed by atoms with Crippen LogP contribution in [0.3, 0.4) is 0 Å². The van der Waals surface area contributed by atoms with E-state index >= 15 is 0 Å². The van der Waals surface area contributed by atoms with Crippen molar-refractivity contribution in [2.24, 2.45) is 17.3 Å². The Morgan fingerprint density at radius 3 is 2.41 bits per heavy atom. The van der Waals surface area contributed by atoms with Crippen LogP contribution in [0.15, 0.2) is 36.9 Å². The van der Waals surface area contributed by atoms with Gasteiger partial charge in [-0.2, -0.15) is 0 Å². The Morgan fingerprint density at radius 1 is 1.00 bits per heavy atom. The van der Waals surface area contributed by atoms with Gasteiger partial charge in [0.2, 0.25) is 27.7 Å². The highest BCUT2D eigenvalue weighted by atomic mass is 32.2. The number of nitrogens with one attached hydrogen (secondary N) is 3. The quantitative estimate of drug-likeness (QED) is 0.362. The van der Waals surface area contributed by atoms with E-state index in [1.807, 2.05) is 45.0 Å². The molecule has 3 heterocycles. The largest absolute Gasteiger partial charge is 0.471 e. The molecule has 54 heavy (non-hydrogen) atoms. The van der Waals surface area contributed by atoms with E-state index in [0.717, 1.165) is 50.5 Å². The number of para-hydroxylation sites is 2. The summed E-state index contributed by atoms with van der Waals surface area (Å²) in [6, 6.07) is 5.34. The fraction of sp³-hybridized carbons (Fsp3) is 0.641. The SMILES string of the molecule is C=C[C@H]1C[C@]1(NC(=O)[C@@H]1C[C@@H]2CN1C(=O)[C@H](C(C)(C)C)NC(=O)O[C@@H]1CCC[C@H]1CCCCCc1nc3ccccc3nc1O2)C(=O)NS(=O)(=O)C1CC1. The standard InChI is InChI=1S/C39H52N6O8S/c1-5-24-21-39(24,36(48)44-54(50,51)26-18-19-26)43-33(46)30-20-25-22-45(30)35(47)32(38(2,3)4)42-37(49)53-31-17-11-13-23(31)12-7-6-8-16-29-34(52-25)41-28-15-10-9-14-27(28)40-29/h5,9-10,14-15,23-26,30-32H,1,6-8,11-13,16-22H2,2-4H3,(H,42,49)(H,43,46)(H,44,48)/t23-,24+,25-,30+,31-,32-,39-/m1/s1. The van der Waals surface area contributed by atoms with E-state index in [2.05, 4.69) is 21.9 Å². The van der Waals surface area contributed by atoms with E-state index in [4.69, 9.17) is 19.4 Å². The highest BCUT2D eigenvalue weighted by Gasteiger charge is 2.62. The van der Waals surface area contributed by atoms with Crippen LogP contribution in [0.4, 0.5) is 4.79 Å². The summed E-state index contributed by atoms with van der Waals surface area (Å²) in [6.07, 6.45) is 8.05. The molecule has 7 atom stereocenters. The summed E-state index contributed by atoms with van der Waals surface area (Å²) in [4.78, 5) is 67.2. The van der Waals surface area contributed by atoms with Crippen LogP contribution in [0.5, 0.6) is 5.88 Å². The number of sulfonamides is 1. The first kappa shape index (κ1) is 38.0. The van der Waals surface area contributed by atoms with Crippen LogP contribution in [0.2, 0.25) is 0 Å². The molecule has 3 N–H and O–H groups in total. The van der Waals surface area contributed by atoms with Gasteiger partial charge < -0.3 is 25.0 Å². The van der Waals surface area contributed by atoms with Crippen LogP contribution in [-0.4, -0.2) is 88.7 Å². The molecule has 3 saturated carbocycles. The van der Waals surface area contributed by atoms with Crippen LogP contribution >= 0.6 is 0 Å². The smallest absolute Gasteiger partial charge is 0.408 e. The molecule has 5 aliphatic rings. The molecule has 292 valence electrons. The van der Waals surface area contributed by atoms with Gasteiger partial charge in [0.15, 0.2) is 0 Å². The molecule has 0 unspecified atom stereocenters. The molecule has 14 nitrogen and oxygen atoms in total. The number of aromatic nitrogens is 2. The summed E-state index contributed by atoms with van der Waals surface area (Å²) in [5.74, 6) is -1.91. The average molecular weight is 765 g/mol. The fourth-order valence-corrected chi connectivity index (χ4v) is 9.66. The molecule has 7 rings (SSSR count). The average Bonchev–Trinajstić information content (AvgIpc) is 4.01. The molecule has 1 aromatic heterocycles. The predicted molar refractivity (Wildman–Crippen MR) is 199 cm³/mol. The van der Waals surface area contributed by atoms with E-state index in [1.54, 1.807) is 0 Å². The van der Waals surface area contributed by atoms with Crippen molar-refractivity contribution in [3.63, 3.8) is 0 Å². The van der Waals surface area contributed by atoms with E-state index in [0.29, 0.717) is 36.4 Å². The molecular weight excluding hydrogens is 713 g/mol. The molecule has 4 amide bonds. The van der Waals surface area contributed by atoms with Crippen LogP contribution in [0.25, 0.3) is 11.0 Å². The van der Waals surface area contributed by atoms with E-state index < -0.39 is 74.1 Å². The van der Waals surface area contributed by atoms with Gasteiger partial charge in [0.25, 0.3) is 5.91 Å². The monoisotopic (exact) mass is 764 g/mol. The zero-order valence-corrected chi connectivity index (χ0v) is 32.2. The van der Waals surface area contributed by atoms with Crippen LogP contribution < -0.4 is 20.1 Å². The maximum absolute atomic E-state index is 14.7. The number of hydrogen-bond donors (Lipinski definition) is 3. The third-order valence-corrected chi connectivity index (χ3v) is 13.5. The molecule has 1 saturated heterocycles. The first-order valence-electron chi connectivity index (χ1n) is 19.4. The number of amides is 4. The second-order valence-corrected chi connectivity index (χ2v) is 18.8. The van der Waals surface area contributed by atoms with Crippen molar-refractivity contribution in [2.75, 3.05) is 6.54 Å². The third-order valence-electron chi connectivity index (χ3n) is 11.7. The van der Waals surface area contributed by atoms with E-state index in [9.17, 15) is 27.6 Å². The van der Waals surface area contributed by atoms with Gasteiger partial charge in [0.05, 0.1) is 22.8 Å². The molecule has 15 heteroatoms. The second kappa shape index (κ2) is 14.8. The predicted octanol–water partition coefficient (Wildman–Crippen LogP) is 4.07. The Bertz CT molecular complexity index is 1930. The number of carbonyl (C=O) groups excluding carboxylic acids is 4. The van der Waals surface area contributed by atoms with Gasteiger partial charge in [-0.1, -0.05) is 51.8 Å². The number of benzene rings is 1. The number of ether oxygens (including phenoxy) is 2. The molecule has 0 radical (unpaired) electrons. The minimum Gasteiger partial charge on any atom is -0.471 e. The van der Waals surface area contributed by atoms with Gasteiger partial charge in [0.1, 0.15) is 35.5 Å². The zero-order chi connectivity index (χ0) is 38.4. The van der Waals surface area contributed by atoms with Crippen molar-refractivity contribution >= 4 is 44.9 Å². The number of hydrogen-bond acceptors (Lipinski definition) is 10. The van der Waals surface area contributed by atoms with Crippen molar-refractivity contribution in [1.82, 2.24) is 30.2 Å². The minimum absolute atomic E-state index is 0.0149. The minimum atomic E-state index is -3.89. The normalized spacial score (nSPS) is 30.8. The number of rotatable bonds is 6. The Morgan fingerprint density at radius 2 is 1.72 bits per heavy atom. The first-order valence-corrected chi connectivity index (χ1v) is 20.9. The van der Waals surface area contributed by atoms with Crippen LogP contribution in [0, 0.1) is 17.3 Å². The van der Waals surface area contributed by atoms with Crippen molar-refractivity contribution in [3.05, 3.63) is 42.6 Å². The zero-order valence-electron chi connectivity index (χ0n) is 31.3. The Kier molecular flexibility index (Phi) is 10.4. The number of carbonyl (C=O) groups is 4. The van der Waals surface area contributed by atoms with Gasteiger partial charge in [-0.05, 0) is 81.3 Å². The fourth-order valence-electron chi connectivity index (χ4n) is 8.30. The Labute approximate surface area is 316 Å². The summed E-state index contributed by atoms with van der Waals surface area (Å²) < 4.78 is 40.2. The Balaban J connectivity index is 1.21. The molecule has 2 bridgehead atoms. The summed E-state index contributed by atoms with van der Waals surface area (Å²) in [6.45, 7) is 9.26. The molecule has 1 aromatic carbocycles. The molecule has 4 fully saturated rings. The van der Waals surface area contributed by atoms with Gasteiger partial charge in [-0.15, -0.1) is 6.58 Å². The lowest BCUT2D eigenvalue weighted by Gasteiger charge is -2.35. The van der Waals surface area contributed by atoms with Crippen molar-refractivity contribution in [3.8, 4) is 5.88 Å². The summed E-state index contributed by atoms with van der Waals surface area (Å²) >= 11 is 0. The van der Waals surface area contributed by atoms with Crippen molar-refractivity contribution < 1.29 is 37.1 Å². The molecule has 3 aliphatic carbocycles. The van der Waals surface area contributed by atoms with Crippen LogP contribution in [-0.2, 0) is 35.6 Å². The lowest BCUT2D eigenvalue weighted by Crippen LogP contribution is -2.60. The Hall–Kier alpha value is -4.27. The van der Waals surface area contributed by atoms with Gasteiger partial charge in [-0.3, -0.25) is 19.1 Å². The molecule has 2 aromatic rings. The summed E-state index contributed by atoms with van der Waals surface area (Å²) in [5, 5.41) is 5.04. The van der Waals surface area contributed by atoms with Crippen molar-refractivity contribution in [2.45, 2.75) is 133 Å². The maximum atomic E-state index is 14.7. The highest BCUT2D eigenvalue weighted by Crippen LogP contribution is 2.45. The second-order valence-electron chi connectivity index (χ2n) is 16.8. The van der Waals surface area contributed by atoms with Gasteiger partial charge in [0, 0.05) is 12.3 Å². The lowest BCUT2D eigenvalue weighted by molar-refractivity contribution is -0.143. The topological polar surface area (TPSA) is 186 Å². The van der Waals surface area contributed by atoms with E-state index in [-0.39, 0.29) is 31.4 Å². The van der Waals surface area contributed by atoms with Gasteiger partial charge >= 0.3 is 6.09 Å². The summed E-state index contributed by atoms with van der Waals surface area (Å²) in [7, 11) is -3.89. The molecular formula is C39H52N6O8S. The van der Waals surface area contributed by atoms with E-state index in [1.165, 1.54) is 11.0 Å². The summed E-state index contributed by atoms with van der Waals surface area (Å²) in [5.41, 5.74) is -0.237. The maximum Gasteiger partial charge on any atom is 0.408 e. The number of fused-ring (bicyclic) bond motifs is 5.